The normalized spacial score (nSPS) is 9.80. The van der Waals surface area contributed by atoms with Gasteiger partial charge in [-0.05, 0) is 18.6 Å². The first-order valence-electron chi connectivity index (χ1n) is 4.72. The number of hydrogen-bond donors (Lipinski definition) is 0. The number of methoxy groups -OCH3 is 1. The monoisotopic (exact) mass is 212 g/mol. The van der Waals surface area contributed by atoms with Crippen molar-refractivity contribution >= 4 is 5.97 Å². The van der Waals surface area contributed by atoms with E-state index in [0.29, 0.717) is 6.42 Å². The molecular weight excluding hydrogens is 199 g/mol. The van der Waals surface area contributed by atoms with E-state index in [0.717, 1.165) is 0 Å². The van der Waals surface area contributed by atoms with Gasteiger partial charge in [0.25, 0.3) is 0 Å². The molecule has 0 aliphatic carbocycles. The molecule has 0 amide bonds. The molecule has 1 aromatic rings. The Bertz CT molecular complexity index is 350. The van der Waals surface area contributed by atoms with Gasteiger partial charge < -0.3 is 9.47 Å². The van der Waals surface area contributed by atoms with E-state index in [1.165, 1.54) is 19.2 Å². The van der Waals surface area contributed by atoms with Crippen LogP contribution in [0.5, 0.6) is 11.5 Å². The lowest BCUT2D eigenvalue weighted by Gasteiger charge is -2.07. The Hall–Kier alpha value is -1.58. The molecule has 82 valence electrons. The highest BCUT2D eigenvalue weighted by Gasteiger charge is 2.12. The second-order valence-corrected chi connectivity index (χ2v) is 3.00. The van der Waals surface area contributed by atoms with E-state index < -0.39 is 11.8 Å². The summed E-state index contributed by atoms with van der Waals surface area (Å²) in [5, 5.41) is 0. The molecule has 0 aromatic heterocycles. The van der Waals surface area contributed by atoms with E-state index >= 15 is 0 Å². The minimum atomic E-state index is -0.649. The van der Waals surface area contributed by atoms with Gasteiger partial charge in [-0.1, -0.05) is 13.0 Å². The summed E-state index contributed by atoms with van der Waals surface area (Å²) >= 11 is 0. The fourth-order valence-electron chi connectivity index (χ4n) is 1.10. The third kappa shape index (κ3) is 2.94. The van der Waals surface area contributed by atoms with Gasteiger partial charge in [-0.15, -0.1) is 0 Å². The van der Waals surface area contributed by atoms with Gasteiger partial charge in [0.2, 0.25) is 5.82 Å². The molecule has 0 atom stereocenters. The summed E-state index contributed by atoms with van der Waals surface area (Å²) in [5.74, 6) is -1.11. The molecule has 0 N–H and O–H groups in total. The van der Waals surface area contributed by atoms with E-state index in [4.69, 9.17) is 9.47 Å². The van der Waals surface area contributed by atoms with E-state index in [2.05, 4.69) is 0 Å². The van der Waals surface area contributed by atoms with Crippen molar-refractivity contribution in [3.05, 3.63) is 24.0 Å². The molecule has 0 bridgehead atoms. The molecular formula is C11H13FO3. The fraction of sp³-hybridized carbons (Fsp3) is 0.364. The third-order valence-corrected chi connectivity index (χ3v) is 1.83. The van der Waals surface area contributed by atoms with Crippen molar-refractivity contribution in [2.75, 3.05) is 7.11 Å². The molecule has 1 aromatic carbocycles. The van der Waals surface area contributed by atoms with Crippen molar-refractivity contribution in [3.8, 4) is 11.5 Å². The first-order chi connectivity index (χ1) is 7.19. The van der Waals surface area contributed by atoms with Gasteiger partial charge in [0.1, 0.15) is 0 Å². The van der Waals surface area contributed by atoms with Crippen LogP contribution in [-0.4, -0.2) is 13.1 Å². The van der Waals surface area contributed by atoms with Crippen LogP contribution in [0.25, 0.3) is 0 Å². The molecule has 3 nitrogen and oxygen atoms in total. The van der Waals surface area contributed by atoms with Crippen molar-refractivity contribution in [2.24, 2.45) is 0 Å². The predicted octanol–water partition coefficient (Wildman–Crippen LogP) is 2.54. The first-order valence-corrected chi connectivity index (χ1v) is 4.72. The van der Waals surface area contributed by atoms with E-state index in [1.807, 2.05) is 6.92 Å². The number of carbonyl (C=O) groups excluding carboxylic acids is 1. The highest BCUT2D eigenvalue weighted by atomic mass is 19.1. The lowest BCUT2D eigenvalue weighted by Crippen LogP contribution is -2.08. The fourth-order valence-corrected chi connectivity index (χ4v) is 1.10. The topological polar surface area (TPSA) is 35.5 Å². The van der Waals surface area contributed by atoms with Crippen LogP contribution in [0, 0.1) is 5.82 Å². The van der Waals surface area contributed by atoms with Crippen molar-refractivity contribution < 1.29 is 18.7 Å². The van der Waals surface area contributed by atoms with Crippen LogP contribution < -0.4 is 9.47 Å². The Balaban J connectivity index is 2.81. The van der Waals surface area contributed by atoms with Gasteiger partial charge >= 0.3 is 5.97 Å². The molecule has 4 heteroatoms. The molecule has 0 spiro atoms. The number of halogens is 1. The van der Waals surface area contributed by atoms with Gasteiger partial charge in [-0.3, -0.25) is 4.79 Å². The molecule has 0 aliphatic heterocycles. The lowest BCUT2D eigenvalue weighted by molar-refractivity contribution is -0.134. The molecule has 0 fully saturated rings. The van der Waals surface area contributed by atoms with Crippen molar-refractivity contribution in [1.82, 2.24) is 0 Å². The van der Waals surface area contributed by atoms with Crippen LogP contribution in [0.3, 0.4) is 0 Å². The molecule has 0 saturated carbocycles. The highest BCUT2D eigenvalue weighted by Crippen LogP contribution is 2.26. The van der Waals surface area contributed by atoms with Gasteiger partial charge in [-0.25, -0.2) is 0 Å². The Labute approximate surface area is 87.8 Å². The van der Waals surface area contributed by atoms with Gasteiger partial charge in [0.15, 0.2) is 11.5 Å². The summed E-state index contributed by atoms with van der Waals surface area (Å²) in [7, 11) is 1.36. The van der Waals surface area contributed by atoms with Gasteiger partial charge in [0, 0.05) is 6.42 Å². The summed E-state index contributed by atoms with van der Waals surface area (Å²) in [4.78, 5) is 11.1. The van der Waals surface area contributed by atoms with E-state index in [9.17, 15) is 9.18 Å². The van der Waals surface area contributed by atoms with Crippen molar-refractivity contribution in [2.45, 2.75) is 19.8 Å². The Morgan fingerprint density at radius 3 is 2.67 bits per heavy atom. The second-order valence-electron chi connectivity index (χ2n) is 3.00. The Morgan fingerprint density at radius 1 is 1.40 bits per heavy atom. The maximum absolute atomic E-state index is 13.5. The molecule has 1 rings (SSSR count). The highest BCUT2D eigenvalue weighted by molar-refractivity contribution is 5.72. The second kappa shape index (κ2) is 5.34. The average molecular weight is 212 g/mol. The van der Waals surface area contributed by atoms with Crippen molar-refractivity contribution in [3.63, 3.8) is 0 Å². The number of esters is 1. The summed E-state index contributed by atoms with van der Waals surface area (Å²) in [5.41, 5.74) is 0. The minimum Gasteiger partial charge on any atom is -0.494 e. The van der Waals surface area contributed by atoms with Crippen LogP contribution in [0.4, 0.5) is 4.39 Å². The molecule has 0 heterocycles. The Kier molecular flexibility index (Phi) is 4.09. The van der Waals surface area contributed by atoms with Crippen LogP contribution in [-0.2, 0) is 4.79 Å². The predicted molar refractivity (Wildman–Crippen MR) is 53.5 cm³/mol. The first kappa shape index (κ1) is 11.5. The number of rotatable bonds is 4. The zero-order valence-corrected chi connectivity index (χ0v) is 8.75. The standard InChI is InChI=1S/C11H13FO3/c1-3-5-10(13)15-9-7-4-6-8(14-2)11(9)12/h4,6-7H,3,5H2,1-2H3. The van der Waals surface area contributed by atoms with E-state index in [1.54, 1.807) is 6.07 Å². The smallest absolute Gasteiger partial charge is 0.311 e. The number of hydrogen-bond acceptors (Lipinski definition) is 3. The molecule has 15 heavy (non-hydrogen) atoms. The number of carbonyl (C=O) groups is 1. The number of benzene rings is 1. The van der Waals surface area contributed by atoms with E-state index in [-0.39, 0.29) is 17.9 Å². The summed E-state index contributed by atoms with van der Waals surface area (Å²) < 4.78 is 23.1. The molecule has 0 radical (unpaired) electrons. The number of ether oxygens (including phenoxy) is 2. The molecule has 0 aliphatic rings. The summed E-state index contributed by atoms with van der Waals surface area (Å²) in [6, 6.07) is 4.42. The van der Waals surface area contributed by atoms with Gasteiger partial charge in [0.05, 0.1) is 7.11 Å². The lowest BCUT2D eigenvalue weighted by atomic mass is 10.3. The van der Waals surface area contributed by atoms with Crippen LogP contribution in [0.15, 0.2) is 18.2 Å². The van der Waals surface area contributed by atoms with Gasteiger partial charge in [-0.2, -0.15) is 4.39 Å². The zero-order chi connectivity index (χ0) is 11.3. The largest absolute Gasteiger partial charge is 0.494 e. The molecule has 0 unspecified atom stereocenters. The van der Waals surface area contributed by atoms with Crippen LogP contribution in [0.2, 0.25) is 0 Å². The summed E-state index contributed by atoms with van der Waals surface area (Å²) in [6.07, 6.45) is 0.946. The molecule has 0 saturated heterocycles. The van der Waals surface area contributed by atoms with Crippen LogP contribution >= 0.6 is 0 Å². The zero-order valence-electron chi connectivity index (χ0n) is 8.75. The maximum Gasteiger partial charge on any atom is 0.311 e. The average Bonchev–Trinajstić information content (AvgIpc) is 2.21. The minimum absolute atomic E-state index is 0.0665. The van der Waals surface area contributed by atoms with Crippen LogP contribution in [0.1, 0.15) is 19.8 Å². The summed E-state index contributed by atoms with van der Waals surface area (Å²) in [6.45, 7) is 1.85. The Morgan fingerprint density at radius 2 is 2.07 bits per heavy atom. The third-order valence-electron chi connectivity index (χ3n) is 1.83. The quantitative estimate of drug-likeness (QED) is 0.568. The SMILES string of the molecule is CCCC(=O)Oc1cccc(OC)c1F. The van der Waals surface area contributed by atoms with Crippen molar-refractivity contribution in [1.29, 1.82) is 0 Å². The maximum atomic E-state index is 13.5.